The molecule has 0 saturated carbocycles. The first-order chi connectivity index (χ1) is 9.78. The number of pyridine rings is 1. The third kappa shape index (κ3) is 2.51. The van der Waals surface area contributed by atoms with Crippen LogP contribution in [0.4, 0.5) is 10.3 Å². The van der Waals surface area contributed by atoms with Gasteiger partial charge < -0.3 is 9.64 Å². The molecule has 0 bridgehead atoms. The Morgan fingerprint density at radius 1 is 1.35 bits per heavy atom. The molecule has 0 N–H and O–H groups in total. The van der Waals surface area contributed by atoms with E-state index < -0.39 is 0 Å². The molecule has 0 atom stereocenters. The van der Waals surface area contributed by atoms with Gasteiger partial charge in [0.05, 0.1) is 12.7 Å². The van der Waals surface area contributed by atoms with Gasteiger partial charge in [-0.1, -0.05) is 6.08 Å². The molecule has 106 valence electrons. The van der Waals surface area contributed by atoms with Crippen LogP contribution >= 0.6 is 0 Å². The fourth-order valence-corrected chi connectivity index (χ4v) is 2.49. The van der Waals surface area contributed by atoms with Crippen molar-refractivity contribution >= 4 is 11.6 Å². The van der Waals surface area contributed by atoms with Crippen molar-refractivity contribution in [3.05, 3.63) is 36.8 Å². The third-order valence-electron chi connectivity index (χ3n) is 3.52. The van der Waals surface area contributed by atoms with Crippen LogP contribution in [0, 0.1) is 5.82 Å². The second-order valence-corrected chi connectivity index (χ2v) is 4.88. The van der Waals surface area contributed by atoms with Gasteiger partial charge in [0, 0.05) is 19.3 Å². The zero-order valence-electron chi connectivity index (χ0n) is 11.2. The molecule has 2 aromatic rings. The van der Waals surface area contributed by atoms with Crippen LogP contribution in [0.15, 0.2) is 31.0 Å². The van der Waals surface area contributed by atoms with Crippen molar-refractivity contribution < 1.29 is 9.13 Å². The van der Waals surface area contributed by atoms with Gasteiger partial charge in [0.2, 0.25) is 5.95 Å². The molecule has 1 aliphatic heterocycles. The Balaban J connectivity index is 1.73. The van der Waals surface area contributed by atoms with Gasteiger partial charge in [0.25, 0.3) is 0 Å². The summed E-state index contributed by atoms with van der Waals surface area (Å²) in [6, 6.07) is 3.02. The van der Waals surface area contributed by atoms with Crippen LogP contribution in [-0.2, 0) is 4.74 Å². The molecule has 6 heteroatoms. The Morgan fingerprint density at radius 3 is 2.90 bits per heavy atom. The van der Waals surface area contributed by atoms with E-state index in [4.69, 9.17) is 4.74 Å². The molecule has 0 aliphatic carbocycles. The molecule has 3 rings (SSSR count). The molecule has 1 aliphatic rings. The number of rotatable bonds is 4. The van der Waals surface area contributed by atoms with Crippen molar-refractivity contribution in [2.24, 2.45) is 0 Å². The van der Waals surface area contributed by atoms with E-state index in [1.54, 1.807) is 16.5 Å². The zero-order valence-corrected chi connectivity index (χ0v) is 11.2. The first-order valence-corrected chi connectivity index (χ1v) is 6.75. The molecule has 0 aromatic carbocycles. The lowest BCUT2D eigenvalue weighted by molar-refractivity contribution is 0.0561. The fourth-order valence-electron chi connectivity index (χ4n) is 2.49. The van der Waals surface area contributed by atoms with E-state index in [2.05, 4.69) is 21.7 Å². The summed E-state index contributed by atoms with van der Waals surface area (Å²) in [5, 5.41) is 8.23. The van der Waals surface area contributed by atoms with E-state index in [1.165, 1.54) is 12.3 Å². The van der Waals surface area contributed by atoms with Gasteiger partial charge in [-0.2, -0.15) is 0 Å². The van der Waals surface area contributed by atoms with Crippen LogP contribution < -0.4 is 4.90 Å². The number of hydrogen-bond donors (Lipinski definition) is 0. The highest BCUT2D eigenvalue weighted by Gasteiger charge is 2.22. The number of aromatic nitrogens is 3. The minimum atomic E-state index is -0.289. The number of ether oxygens (including phenoxy) is 1. The van der Waals surface area contributed by atoms with Crippen molar-refractivity contribution in [1.29, 1.82) is 0 Å². The number of fused-ring (bicyclic) bond motifs is 1. The maximum Gasteiger partial charge on any atom is 0.231 e. The highest BCUT2D eigenvalue weighted by Crippen LogP contribution is 2.20. The van der Waals surface area contributed by atoms with E-state index in [-0.39, 0.29) is 11.9 Å². The Morgan fingerprint density at radius 2 is 2.15 bits per heavy atom. The summed E-state index contributed by atoms with van der Waals surface area (Å²) in [6.45, 7) is 5.90. The predicted molar refractivity (Wildman–Crippen MR) is 74.3 cm³/mol. The molecule has 20 heavy (non-hydrogen) atoms. The summed E-state index contributed by atoms with van der Waals surface area (Å²) < 4.78 is 20.7. The molecule has 2 aromatic heterocycles. The average Bonchev–Trinajstić information content (AvgIpc) is 2.88. The first kappa shape index (κ1) is 13.1. The summed E-state index contributed by atoms with van der Waals surface area (Å²) in [4.78, 5) is 2.12. The molecule has 0 amide bonds. The van der Waals surface area contributed by atoms with Crippen LogP contribution in [0.25, 0.3) is 5.65 Å². The minimum absolute atomic E-state index is 0.264. The van der Waals surface area contributed by atoms with Crippen LogP contribution in [0.1, 0.15) is 12.8 Å². The van der Waals surface area contributed by atoms with Crippen LogP contribution in [-0.4, -0.2) is 40.4 Å². The quantitative estimate of drug-likeness (QED) is 0.801. The minimum Gasteiger partial charge on any atom is -0.374 e. The summed E-state index contributed by atoms with van der Waals surface area (Å²) >= 11 is 0. The second-order valence-electron chi connectivity index (χ2n) is 4.88. The van der Waals surface area contributed by atoms with Gasteiger partial charge >= 0.3 is 0 Å². The van der Waals surface area contributed by atoms with Gasteiger partial charge in [-0.3, -0.25) is 4.40 Å². The standard InChI is InChI=1S/C14H17FN4O/c1-2-9-20-12-5-7-18(8-6-12)14-17-16-13-4-3-11(15)10-19(13)14/h2-4,10,12H,1,5-9H2. The number of halogens is 1. The fraction of sp³-hybridized carbons (Fsp3) is 0.429. The molecule has 0 spiro atoms. The van der Waals surface area contributed by atoms with Gasteiger partial charge in [-0.25, -0.2) is 4.39 Å². The maximum atomic E-state index is 13.3. The highest BCUT2D eigenvalue weighted by atomic mass is 19.1. The zero-order chi connectivity index (χ0) is 13.9. The molecular weight excluding hydrogens is 259 g/mol. The Bertz CT molecular complexity index is 604. The predicted octanol–water partition coefficient (Wildman–Crippen LogP) is 2.04. The molecule has 3 heterocycles. The van der Waals surface area contributed by atoms with Crippen molar-refractivity contribution in [3.8, 4) is 0 Å². The average molecular weight is 276 g/mol. The normalized spacial score (nSPS) is 16.8. The van der Waals surface area contributed by atoms with E-state index in [9.17, 15) is 4.39 Å². The Labute approximate surface area is 116 Å². The van der Waals surface area contributed by atoms with E-state index in [1.807, 2.05) is 0 Å². The second kappa shape index (κ2) is 5.58. The van der Waals surface area contributed by atoms with Gasteiger partial charge in [0.15, 0.2) is 5.65 Å². The van der Waals surface area contributed by atoms with Crippen molar-refractivity contribution in [2.75, 3.05) is 24.6 Å². The monoisotopic (exact) mass is 276 g/mol. The van der Waals surface area contributed by atoms with Gasteiger partial charge in [-0.15, -0.1) is 16.8 Å². The number of nitrogens with zero attached hydrogens (tertiary/aromatic N) is 4. The van der Waals surface area contributed by atoms with Crippen LogP contribution in [0.2, 0.25) is 0 Å². The Hall–Kier alpha value is -1.95. The number of hydrogen-bond acceptors (Lipinski definition) is 4. The lowest BCUT2D eigenvalue weighted by Crippen LogP contribution is -2.38. The van der Waals surface area contributed by atoms with Crippen molar-refractivity contribution in [3.63, 3.8) is 0 Å². The third-order valence-corrected chi connectivity index (χ3v) is 3.52. The molecule has 0 radical (unpaired) electrons. The summed E-state index contributed by atoms with van der Waals surface area (Å²) in [6.07, 6.45) is 5.31. The smallest absolute Gasteiger partial charge is 0.231 e. The molecule has 1 saturated heterocycles. The molecule has 1 fully saturated rings. The largest absolute Gasteiger partial charge is 0.374 e. The molecule has 5 nitrogen and oxygen atoms in total. The van der Waals surface area contributed by atoms with Crippen LogP contribution in [0.3, 0.4) is 0 Å². The summed E-state index contributed by atoms with van der Waals surface area (Å²) in [5.74, 6) is 0.407. The molecular formula is C14H17FN4O. The SMILES string of the molecule is C=CCOC1CCN(c2nnc3ccc(F)cn23)CC1. The summed E-state index contributed by atoms with van der Waals surface area (Å²) in [5.41, 5.74) is 0.659. The Kier molecular flexibility index (Phi) is 3.64. The lowest BCUT2D eigenvalue weighted by atomic mass is 10.1. The molecule has 0 unspecified atom stereocenters. The summed E-state index contributed by atoms with van der Waals surface area (Å²) in [7, 11) is 0. The van der Waals surface area contributed by atoms with Gasteiger partial charge in [-0.05, 0) is 25.0 Å². The topological polar surface area (TPSA) is 42.7 Å². The first-order valence-electron chi connectivity index (χ1n) is 6.75. The number of piperidine rings is 1. The van der Waals surface area contributed by atoms with Crippen molar-refractivity contribution in [2.45, 2.75) is 18.9 Å². The van der Waals surface area contributed by atoms with E-state index in [0.717, 1.165) is 25.9 Å². The van der Waals surface area contributed by atoms with Crippen LogP contribution in [0.5, 0.6) is 0 Å². The van der Waals surface area contributed by atoms with E-state index in [0.29, 0.717) is 18.2 Å². The number of anilines is 1. The van der Waals surface area contributed by atoms with Gasteiger partial charge in [0.1, 0.15) is 5.82 Å². The lowest BCUT2D eigenvalue weighted by Gasteiger charge is -2.31. The maximum absolute atomic E-state index is 13.3. The highest BCUT2D eigenvalue weighted by molar-refractivity contribution is 5.46. The van der Waals surface area contributed by atoms with Crippen molar-refractivity contribution in [1.82, 2.24) is 14.6 Å². The van der Waals surface area contributed by atoms with E-state index >= 15 is 0 Å².